The lowest BCUT2D eigenvalue weighted by atomic mass is 10.3. The first-order chi connectivity index (χ1) is 7.13. The lowest BCUT2D eigenvalue weighted by Crippen LogP contribution is -2.12. The van der Waals surface area contributed by atoms with E-state index in [-0.39, 0.29) is 5.82 Å². The number of carbonyl (C=O) groups excluding carboxylic acids is 1. The summed E-state index contributed by atoms with van der Waals surface area (Å²) in [7, 11) is 3.03. The molecule has 0 amide bonds. The van der Waals surface area contributed by atoms with E-state index in [0.29, 0.717) is 12.2 Å². The first-order valence-electron chi connectivity index (χ1n) is 4.46. The average molecular weight is 274 g/mol. The van der Waals surface area contributed by atoms with E-state index in [1.54, 1.807) is 7.05 Å². The summed E-state index contributed by atoms with van der Waals surface area (Å²) in [6.07, 6.45) is 0.710. The fourth-order valence-corrected chi connectivity index (χ4v) is 1.73. The summed E-state index contributed by atoms with van der Waals surface area (Å²) in [6.45, 7) is 1.95. The van der Waals surface area contributed by atoms with Crippen LogP contribution in [0, 0.1) is 0 Å². The van der Waals surface area contributed by atoms with Gasteiger partial charge in [0, 0.05) is 7.05 Å². The zero-order valence-electron chi connectivity index (χ0n) is 8.80. The van der Waals surface area contributed by atoms with Gasteiger partial charge in [0.1, 0.15) is 5.82 Å². The molecule has 15 heavy (non-hydrogen) atoms. The molecule has 0 spiro atoms. The Morgan fingerprint density at radius 1 is 1.53 bits per heavy atom. The number of hydrogen-bond acceptors (Lipinski definition) is 5. The lowest BCUT2D eigenvalue weighted by Gasteiger charge is -2.08. The van der Waals surface area contributed by atoms with Crippen molar-refractivity contribution in [3.8, 4) is 0 Å². The Labute approximate surface area is 96.4 Å². The Morgan fingerprint density at radius 3 is 2.67 bits per heavy atom. The van der Waals surface area contributed by atoms with Crippen molar-refractivity contribution in [2.75, 3.05) is 19.5 Å². The molecule has 0 atom stereocenters. The predicted molar refractivity (Wildman–Crippen MR) is 60.0 cm³/mol. The molecule has 1 rings (SSSR count). The Bertz CT molecular complexity index is 357. The third-order valence-electron chi connectivity index (χ3n) is 1.86. The maximum absolute atomic E-state index is 11.3. The largest absolute Gasteiger partial charge is 0.463 e. The summed E-state index contributed by atoms with van der Waals surface area (Å²) in [5, 5.41) is 2.88. The maximum Gasteiger partial charge on any atom is 0.376 e. The minimum Gasteiger partial charge on any atom is -0.463 e. The molecule has 1 heterocycles. The van der Waals surface area contributed by atoms with Gasteiger partial charge in [-0.1, -0.05) is 6.92 Å². The number of nitrogens with one attached hydrogen (secondary N) is 1. The third kappa shape index (κ3) is 2.44. The zero-order valence-corrected chi connectivity index (χ0v) is 10.4. The number of aryl methyl sites for hydroxylation is 1. The number of anilines is 1. The van der Waals surface area contributed by atoms with Crippen molar-refractivity contribution in [2.24, 2.45) is 0 Å². The zero-order chi connectivity index (χ0) is 11.4. The van der Waals surface area contributed by atoms with Crippen LogP contribution >= 0.6 is 15.9 Å². The van der Waals surface area contributed by atoms with Gasteiger partial charge in [0.25, 0.3) is 0 Å². The SMILES string of the molecule is CCc1nc(C(=O)OC)nc(NC)c1Br. The number of rotatable bonds is 3. The van der Waals surface area contributed by atoms with Gasteiger partial charge in [-0.15, -0.1) is 0 Å². The van der Waals surface area contributed by atoms with Gasteiger partial charge in [0.05, 0.1) is 17.3 Å². The van der Waals surface area contributed by atoms with E-state index in [4.69, 9.17) is 0 Å². The molecule has 0 aromatic carbocycles. The van der Waals surface area contributed by atoms with Gasteiger partial charge in [-0.3, -0.25) is 0 Å². The molecule has 6 heteroatoms. The number of methoxy groups -OCH3 is 1. The quantitative estimate of drug-likeness (QED) is 0.849. The summed E-state index contributed by atoms with van der Waals surface area (Å²) in [6, 6.07) is 0. The van der Waals surface area contributed by atoms with E-state index < -0.39 is 5.97 Å². The van der Waals surface area contributed by atoms with Crippen LogP contribution in [0.3, 0.4) is 0 Å². The topological polar surface area (TPSA) is 64.1 Å². The van der Waals surface area contributed by atoms with Crippen LogP contribution in [0.5, 0.6) is 0 Å². The molecule has 1 aromatic heterocycles. The van der Waals surface area contributed by atoms with Crippen LogP contribution in [0.15, 0.2) is 4.47 Å². The molecule has 0 bridgehead atoms. The summed E-state index contributed by atoms with van der Waals surface area (Å²) in [4.78, 5) is 19.4. The van der Waals surface area contributed by atoms with Crippen molar-refractivity contribution in [3.05, 3.63) is 16.0 Å². The number of nitrogens with zero attached hydrogens (tertiary/aromatic N) is 2. The number of halogens is 1. The number of aromatic nitrogens is 2. The van der Waals surface area contributed by atoms with Crippen LogP contribution in [0.25, 0.3) is 0 Å². The van der Waals surface area contributed by atoms with Crippen LogP contribution in [0.4, 0.5) is 5.82 Å². The molecule has 0 radical (unpaired) electrons. The molecule has 0 aliphatic carbocycles. The van der Waals surface area contributed by atoms with Crippen molar-refractivity contribution in [3.63, 3.8) is 0 Å². The summed E-state index contributed by atoms with van der Waals surface area (Å²) in [5.74, 6) is 0.123. The van der Waals surface area contributed by atoms with Crippen LogP contribution in [0.2, 0.25) is 0 Å². The van der Waals surface area contributed by atoms with Gasteiger partial charge >= 0.3 is 5.97 Å². The van der Waals surface area contributed by atoms with Gasteiger partial charge in [-0.2, -0.15) is 0 Å². The monoisotopic (exact) mass is 273 g/mol. The molecule has 0 aliphatic rings. The molecular formula is C9H12BrN3O2. The van der Waals surface area contributed by atoms with E-state index in [1.807, 2.05) is 6.92 Å². The Balaban J connectivity index is 3.26. The molecular weight excluding hydrogens is 262 g/mol. The van der Waals surface area contributed by atoms with Crippen LogP contribution in [-0.4, -0.2) is 30.1 Å². The molecule has 82 valence electrons. The fraction of sp³-hybridized carbons (Fsp3) is 0.444. The van der Waals surface area contributed by atoms with Gasteiger partial charge in [-0.25, -0.2) is 14.8 Å². The van der Waals surface area contributed by atoms with E-state index in [1.165, 1.54) is 7.11 Å². The molecule has 1 N–H and O–H groups in total. The Morgan fingerprint density at radius 2 is 2.20 bits per heavy atom. The Kier molecular flexibility index (Phi) is 4.02. The summed E-state index contributed by atoms with van der Waals surface area (Å²) in [5.41, 5.74) is 0.773. The lowest BCUT2D eigenvalue weighted by molar-refractivity contribution is 0.0586. The van der Waals surface area contributed by atoms with Crippen molar-refractivity contribution >= 4 is 27.7 Å². The van der Waals surface area contributed by atoms with E-state index >= 15 is 0 Å². The first kappa shape index (κ1) is 11.9. The molecule has 0 unspecified atom stereocenters. The number of carbonyl (C=O) groups is 1. The highest BCUT2D eigenvalue weighted by Gasteiger charge is 2.15. The third-order valence-corrected chi connectivity index (χ3v) is 2.69. The second kappa shape index (κ2) is 5.06. The summed E-state index contributed by atoms with van der Waals surface area (Å²) >= 11 is 3.37. The smallest absolute Gasteiger partial charge is 0.376 e. The van der Waals surface area contributed by atoms with Crippen LogP contribution in [0.1, 0.15) is 23.2 Å². The number of esters is 1. The minimum absolute atomic E-state index is 0.0712. The molecule has 1 aromatic rings. The molecule has 0 saturated heterocycles. The van der Waals surface area contributed by atoms with Crippen LogP contribution in [-0.2, 0) is 11.2 Å². The minimum atomic E-state index is -0.534. The van der Waals surface area contributed by atoms with Gasteiger partial charge < -0.3 is 10.1 Å². The predicted octanol–water partition coefficient (Wildman–Crippen LogP) is 1.63. The second-order valence-corrected chi connectivity index (χ2v) is 3.54. The van der Waals surface area contributed by atoms with Gasteiger partial charge in [0.2, 0.25) is 5.82 Å². The molecule has 0 saturated carbocycles. The molecule has 0 fully saturated rings. The number of hydrogen-bond donors (Lipinski definition) is 1. The fourth-order valence-electron chi connectivity index (χ4n) is 1.08. The van der Waals surface area contributed by atoms with E-state index in [9.17, 15) is 4.79 Å². The molecule has 5 nitrogen and oxygen atoms in total. The second-order valence-electron chi connectivity index (χ2n) is 2.75. The van der Waals surface area contributed by atoms with Gasteiger partial charge in [0.15, 0.2) is 0 Å². The van der Waals surface area contributed by atoms with Crippen molar-refractivity contribution < 1.29 is 9.53 Å². The van der Waals surface area contributed by atoms with Crippen molar-refractivity contribution in [1.29, 1.82) is 0 Å². The maximum atomic E-state index is 11.3. The van der Waals surface area contributed by atoms with Crippen LogP contribution < -0.4 is 5.32 Å². The Hall–Kier alpha value is -1.17. The highest BCUT2D eigenvalue weighted by molar-refractivity contribution is 9.10. The first-order valence-corrected chi connectivity index (χ1v) is 5.25. The average Bonchev–Trinajstić information content (AvgIpc) is 2.28. The highest BCUT2D eigenvalue weighted by atomic mass is 79.9. The van der Waals surface area contributed by atoms with E-state index in [2.05, 4.69) is 36.0 Å². The van der Waals surface area contributed by atoms with Gasteiger partial charge in [-0.05, 0) is 22.4 Å². The summed E-state index contributed by atoms with van der Waals surface area (Å²) < 4.78 is 5.35. The van der Waals surface area contributed by atoms with E-state index in [0.717, 1.165) is 10.2 Å². The number of ether oxygens (including phenoxy) is 1. The highest BCUT2D eigenvalue weighted by Crippen LogP contribution is 2.23. The standard InChI is InChI=1S/C9H12BrN3O2/c1-4-5-6(10)7(11-2)13-8(12-5)9(14)15-3/h4H2,1-3H3,(H,11,12,13). The van der Waals surface area contributed by atoms with Crippen molar-refractivity contribution in [1.82, 2.24) is 9.97 Å². The van der Waals surface area contributed by atoms with Crippen molar-refractivity contribution in [2.45, 2.75) is 13.3 Å². The normalized spacial score (nSPS) is 9.87. The molecule has 0 aliphatic heterocycles.